The van der Waals surface area contributed by atoms with Crippen LogP contribution in [-0.4, -0.2) is 29.2 Å². The summed E-state index contributed by atoms with van der Waals surface area (Å²) >= 11 is 0. The molecule has 1 aliphatic heterocycles. The summed E-state index contributed by atoms with van der Waals surface area (Å²) in [5, 5.41) is 13.7. The maximum absolute atomic E-state index is 12.6. The summed E-state index contributed by atoms with van der Waals surface area (Å²) in [5.41, 5.74) is 2.65. The standard InChI is InChI=1S/C19H22N2O2/c22-18-8-4-1-5-13(18)12-9-17-14(19(23)10-12)11-20-15-6-2-3-7-16(15)21-17/h1,4-5,8,11-12,15-16,21-22H,2-3,6-7,9-10H2/t12-,15+,16-/m1/s1. The number of hydrogen-bond acceptors (Lipinski definition) is 4. The Balaban J connectivity index is 1.64. The highest BCUT2D eigenvalue weighted by molar-refractivity contribution is 6.15. The molecule has 0 unspecified atom stereocenters. The Morgan fingerprint density at radius 3 is 2.83 bits per heavy atom. The zero-order chi connectivity index (χ0) is 15.8. The fourth-order valence-electron chi connectivity index (χ4n) is 4.12. The average molecular weight is 310 g/mol. The largest absolute Gasteiger partial charge is 0.508 e. The van der Waals surface area contributed by atoms with Crippen LogP contribution in [0.2, 0.25) is 0 Å². The fourth-order valence-corrected chi connectivity index (χ4v) is 4.12. The number of benzene rings is 1. The van der Waals surface area contributed by atoms with Gasteiger partial charge in [0.05, 0.1) is 11.6 Å². The lowest BCUT2D eigenvalue weighted by Gasteiger charge is -2.32. The minimum Gasteiger partial charge on any atom is -0.508 e. The van der Waals surface area contributed by atoms with Crippen molar-refractivity contribution in [3.8, 4) is 5.75 Å². The van der Waals surface area contributed by atoms with E-state index in [1.54, 1.807) is 6.07 Å². The molecule has 1 saturated carbocycles. The molecule has 1 heterocycles. The van der Waals surface area contributed by atoms with Crippen LogP contribution >= 0.6 is 0 Å². The number of phenols is 1. The highest BCUT2D eigenvalue weighted by Crippen LogP contribution is 2.38. The van der Waals surface area contributed by atoms with Gasteiger partial charge in [-0.15, -0.1) is 0 Å². The first-order valence-corrected chi connectivity index (χ1v) is 8.56. The number of fused-ring (bicyclic) bond motifs is 1. The van der Waals surface area contributed by atoms with Crippen molar-refractivity contribution in [2.45, 2.75) is 56.5 Å². The lowest BCUT2D eigenvalue weighted by molar-refractivity contribution is -0.115. The first-order chi connectivity index (χ1) is 11.2. The van der Waals surface area contributed by atoms with Crippen LogP contribution < -0.4 is 5.32 Å². The minimum absolute atomic E-state index is 0.0449. The quantitative estimate of drug-likeness (QED) is 0.838. The molecule has 3 aliphatic rings. The third-order valence-electron chi connectivity index (χ3n) is 5.37. The van der Waals surface area contributed by atoms with Gasteiger partial charge < -0.3 is 10.4 Å². The van der Waals surface area contributed by atoms with Gasteiger partial charge in [-0.05, 0) is 30.9 Å². The van der Waals surface area contributed by atoms with Crippen LogP contribution in [0.15, 0.2) is 40.5 Å². The zero-order valence-electron chi connectivity index (χ0n) is 13.2. The normalized spacial score (nSPS) is 30.3. The number of Topliss-reactive ketones (excluding diaryl/α,β-unsaturated/α-hetero) is 1. The zero-order valence-corrected chi connectivity index (χ0v) is 13.2. The highest BCUT2D eigenvalue weighted by Gasteiger charge is 2.34. The Labute approximate surface area is 136 Å². The summed E-state index contributed by atoms with van der Waals surface area (Å²) in [6.45, 7) is 0. The molecule has 1 aromatic rings. The van der Waals surface area contributed by atoms with Gasteiger partial charge in [-0.3, -0.25) is 9.79 Å². The molecule has 0 spiro atoms. The molecule has 23 heavy (non-hydrogen) atoms. The second kappa shape index (κ2) is 5.84. The SMILES string of the molecule is O=C1C[C@H](c2ccccc2O)CC2=C1C=N[C@H]1CCCC[C@H]1N2. The van der Waals surface area contributed by atoms with Crippen LogP contribution in [0.5, 0.6) is 5.75 Å². The molecule has 0 amide bonds. The van der Waals surface area contributed by atoms with Gasteiger partial charge >= 0.3 is 0 Å². The van der Waals surface area contributed by atoms with Crippen molar-refractivity contribution in [1.29, 1.82) is 0 Å². The number of ketones is 1. The van der Waals surface area contributed by atoms with E-state index < -0.39 is 0 Å². The molecule has 4 rings (SSSR count). The number of carbonyl (C=O) groups excluding carboxylic acids is 1. The van der Waals surface area contributed by atoms with Crippen molar-refractivity contribution in [3.63, 3.8) is 0 Å². The van der Waals surface area contributed by atoms with E-state index >= 15 is 0 Å². The highest BCUT2D eigenvalue weighted by atomic mass is 16.3. The number of aliphatic imine (C=N–C) groups is 1. The van der Waals surface area contributed by atoms with E-state index in [9.17, 15) is 9.90 Å². The van der Waals surface area contributed by atoms with E-state index in [1.165, 1.54) is 12.8 Å². The molecule has 0 bridgehead atoms. The van der Waals surface area contributed by atoms with Gasteiger partial charge in [0.15, 0.2) is 5.78 Å². The number of aromatic hydroxyl groups is 1. The number of rotatable bonds is 1. The molecular weight excluding hydrogens is 288 g/mol. The molecule has 0 aromatic heterocycles. The van der Waals surface area contributed by atoms with E-state index in [4.69, 9.17) is 0 Å². The van der Waals surface area contributed by atoms with E-state index in [2.05, 4.69) is 10.3 Å². The van der Waals surface area contributed by atoms with Crippen molar-refractivity contribution >= 4 is 12.0 Å². The number of allylic oxidation sites excluding steroid dienone is 2. The molecule has 120 valence electrons. The van der Waals surface area contributed by atoms with E-state index in [1.807, 2.05) is 24.4 Å². The summed E-state index contributed by atoms with van der Waals surface area (Å²) in [6.07, 6.45) is 7.69. The van der Waals surface area contributed by atoms with Crippen LogP contribution in [0.4, 0.5) is 0 Å². The summed E-state index contributed by atoms with van der Waals surface area (Å²) < 4.78 is 0. The second-order valence-electron chi connectivity index (χ2n) is 6.86. The Kier molecular flexibility index (Phi) is 3.68. The third kappa shape index (κ3) is 2.67. The smallest absolute Gasteiger partial charge is 0.166 e. The summed E-state index contributed by atoms with van der Waals surface area (Å²) in [6, 6.07) is 8.00. The van der Waals surface area contributed by atoms with Crippen molar-refractivity contribution in [2.75, 3.05) is 0 Å². The maximum atomic E-state index is 12.6. The predicted octanol–water partition coefficient (Wildman–Crippen LogP) is 3.08. The Bertz CT molecular complexity index is 692. The van der Waals surface area contributed by atoms with Gasteiger partial charge in [0, 0.05) is 30.3 Å². The number of carbonyl (C=O) groups is 1. The molecule has 0 saturated heterocycles. The van der Waals surface area contributed by atoms with Crippen molar-refractivity contribution in [2.24, 2.45) is 4.99 Å². The minimum atomic E-state index is 0.0449. The number of hydrogen-bond donors (Lipinski definition) is 2. The first kappa shape index (κ1) is 14.5. The lowest BCUT2D eigenvalue weighted by atomic mass is 9.81. The van der Waals surface area contributed by atoms with Crippen LogP contribution in [-0.2, 0) is 4.79 Å². The molecule has 2 aliphatic carbocycles. The molecule has 1 aromatic carbocycles. The Morgan fingerprint density at radius 1 is 1.13 bits per heavy atom. The molecule has 1 fully saturated rings. The van der Waals surface area contributed by atoms with Crippen LogP contribution in [0.25, 0.3) is 0 Å². The van der Waals surface area contributed by atoms with Gasteiger partial charge in [0.25, 0.3) is 0 Å². The van der Waals surface area contributed by atoms with Crippen LogP contribution in [0, 0.1) is 0 Å². The van der Waals surface area contributed by atoms with Gasteiger partial charge in [-0.25, -0.2) is 0 Å². The van der Waals surface area contributed by atoms with Crippen molar-refractivity contribution < 1.29 is 9.90 Å². The Hall–Kier alpha value is -2.10. The predicted molar refractivity (Wildman–Crippen MR) is 89.8 cm³/mol. The van der Waals surface area contributed by atoms with Crippen LogP contribution in [0.1, 0.15) is 50.0 Å². The molecule has 2 N–H and O–H groups in total. The topological polar surface area (TPSA) is 61.7 Å². The van der Waals surface area contributed by atoms with Crippen molar-refractivity contribution in [1.82, 2.24) is 5.32 Å². The number of nitrogens with zero attached hydrogens (tertiary/aromatic N) is 1. The summed E-state index contributed by atoms with van der Waals surface area (Å²) in [7, 11) is 0. The van der Waals surface area contributed by atoms with E-state index in [0.29, 0.717) is 18.5 Å². The second-order valence-corrected chi connectivity index (χ2v) is 6.86. The number of para-hydroxylation sites is 1. The molecule has 4 heteroatoms. The molecule has 4 nitrogen and oxygen atoms in total. The van der Waals surface area contributed by atoms with Crippen LogP contribution in [0.3, 0.4) is 0 Å². The van der Waals surface area contributed by atoms with Gasteiger partial charge in [-0.2, -0.15) is 0 Å². The van der Waals surface area contributed by atoms with Gasteiger partial charge in [0.1, 0.15) is 5.75 Å². The third-order valence-corrected chi connectivity index (χ3v) is 5.37. The van der Waals surface area contributed by atoms with E-state index in [0.717, 1.165) is 36.1 Å². The molecule has 3 atom stereocenters. The fraction of sp³-hybridized carbons (Fsp3) is 0.474. The van der Waals surface area contributed by atoms with Crippen molar-refractivity contribution in [3.05, 3.63) is 41.1 Å². The molecule has 0 radical (unpaired) electrons. The summed E-state index contributed by atoms with van der Waals surface area (Å²) in [5.74, 6) is 0.463. The average Bonchev–Trinajstić information content (AvgIpc) is 2.74. The molecular formula is C19H22N2O2. The Morgan fingerprint density at radius 2 is 1.96 bits per heavy atom. The van der Waals surface area contributed by atoms with Gasteiger partial charge in [-0.1, -0.05) is 31.0 Å². The van der Waals surface area contributed by atoms with E-state index in [-0.39, 0.29) is 17.5 Å². The number of nitrogens with one attached hydrogen (secondary N) is 1. The van der Waals surface area contributed by atoms with Gasteiger partial charge in [0.2, 0.25) is 0 Å². The lowest BCUT2D eigenvalue weighted by Crippen LogP contribution is -2.41. The number of phenolic OH excluding ortho intramolecular Hbond substituents is 1. The summed E-state index contributed by atoms with van der Waals surface area (Å²) in [4.78, 5) is 17.3. The monoisotopic (exact) mass is 310 g/mol. The maximum Gasteiger partial charge on any atom is 0.166 e. The first-order valence-electron chi connectivity index (χ1n) is 8.56.